The van der Waals surface area contributed by atoms with Crippen molar-refractivity contribution >= 4 is 32.9 Å². The number of benzene rings is 2. The third-order valence-electron chi connectivity index (χ3n) is 3.70. The average Bonchev–Trinajstić information content (AvgIpc) is 2.88. The molecule has 0 aliphatic heterocycles. The Bertz CT molecular complexity index is 853. The summed E-state index contributed by atoms with van der Waals surface area (Å²) in [5.41, 5.74) is 3.52. The number of halogens is 1. The molecule has 0 fully saturated rings. The standard InChI is InChI=1S/C18H18BrN3O/c1-3-10-20-18(23)13-4-9-17-16(11-13)21-12(2)22(17)15-7-5-14(19)6-8-15/h4-9,11H,3,10H2,1-2H3,(H,20,23). The van der Waals surface area contributed by atoms with E-state index in [4.69, 9.17) is 0 Å². The minimum atomic E-state index is -0.0513. The number of hydrogen-bond acceptors (Lipinski definition) is 2. The predicted octanol–water partition coefficient (Wildman–Crippen LogP) is 4.24. The summed E-state index contributed by atoms with van der Waals surface area (Å²) < 4.78 is 3.13. The number of fused-ring (bicyclic) bond motifs is 1. The minimum Gasteiger partial charge on any atom is -0.352 e. The van der Waals surface area contributed by atoms with Crippen LogP contribution in [0.2, 0.25) is 0 Å². The molecule has 0 bridgehead atoms. The van der Waals surface area contributed by atoms with Gasteiger partial charge in [-0.3, -0.25) is 9.36 Å². The molecule has 1 amide bonds. The van der Waals surface area contributed by atoms with Gasteiger partial charge in [0.15, 0.2) is 0 Å². The molecule has 0 atom stereocenters. The molecule has 118 valence electrons. The first-order chi connectivity index (χ1) is 11.1. The molecule has 3 aromatic rings. The van der Waals surface area contributed by atoms with Crippen LogP contribution in [0.25, 0.3) is 16.7 Å². The van der Waals surface area contributed by atoms with Gasteiger partial charge in [-0.25, -0.2) is 4.98 Å². The van der Waals surface area contributed by atoms with Crippen LogP contribution >= 0.6 is 15.9 Å². The highest BCUT2D eigenvalue weighted by Gasteiger charge is 2.12. The Morgan fingerprint density at radius 3 is 2.65 bits per heavy atom. The number of rotatable bonds is 4. The van der Waals surface area contributed by atoms with E-state index in [0.29, 0.717) is 12.1 Å². The molecule has 0 spiro atoms. The fourth-order valence-electron chi connectivity index (χ4n) is 2.60. The molecule has 2 aromatic carbocycles. The van der Waals surface area contributed by atoms with Crippen molar-refractivity contribution in [2.24, 2.45) is 0 Å². The Balaban J connectivity index is 2.03. The second-order valence-corrected chi connectivity index (χ2v) is 6.35. The Hall–Kier alpha value is -2.14. The van der Waals surface area contributed by atoms with E-state index < -0.39 is 0 Å². The van der Waals surface area contributed by atoms with E-state index in [0.717, 1.165) is 33.4 Å². The highest BCUT2D eigenvalue weighted by molar-refractivity contribution is 9.10. The van der Waals surface area contributed by atoms with E-state index in [2.05, 4.69) is 30.8 Å². The first-order valence-electron chi connectivity index (χ1n) is 7.63. The summed E-state index contributed by atoms with van der Waals surface area (Å²) in [7, 11) is 0. The molecule has 0 unspecified atom stereocenters. The molecule has 0 saturated heterocycles. The van der Waals surface area contributed by atoms with Crippen molar-refractivity contribution in [2.75, 3.05) is 6.54 Å². The molecule has 0 radical (unpaired) electrons. The van der Waals surface area contributed by atoms with Crippen LogP contribution in [0.1, 0.15) is 29.5 Å². The van der Waals surface area contributed by atoms with Crippen molar-refractivity contribution in [3.8, 4) is 5.69 Å². The van der Waals surface area contributed by atoms with Crippen molar-refractivity contribution in [2.45, 2.75) is 20.3 Å². The van der Waals surface area contributed by atoms with Crippen LogP contribution in [0.4, 0.5) is 0 Å². The zero-order valence-corrected chi connectivity index (χ0v) is 14.7. The van der Waals surface area contributed by atoms with E-state index in [9.17, 15) is 4.79 Å². The van der Waals surface area contributed by atoms with Crippen molar-refractivity contribution in [3.63, 3.8) is 0 Å². The number of aromatic nitrogens is 2. The van der Waals surface area contributed by atoms with Gasteiger partial charge in [0.05, 0.1) is 11.0 Å². The Morgan fingerprint density at radius 2 is 1.96 bits per heavy atom. The van der Waals surface area contributed by atoms with Crippen molar-refractivity contribution in [1.82, 2.24) is 14.9 Å². The van der Waals surface area contributed by atoms with Crippen molar-refractivity contribution in [3.05, 3.63) is 58.3 Å². The maximum Gasteiger partial charge on any atom is 0.251 e. The van der Waals surface area contributed by atoms with Crippen LogP contribution in [0.15, 0.2) is 46.9 Å². The zero-order chi connectivity index (χ0) is 16.4. The second-order valence-electron chi connectivity index (χ2n) is 5.43. The van der Waals surface area contributed by atoms with E-state index in [1.807, 2.05) is 56.3 Å². The molecule has 3 rings (SSSR count). The van der Waals surface area contributed by atoms with Crippen LogP contribution < -0.4 is 5.32 Å². The fourth-order valence-corrected chi connectivity index (χ4v) is 2.86. The molecule has 5 heteroatoms. The van der Waals surface area contributed by atoms with E-state index >= 15 is 0 Å². The largest absolute Gasteiger partial charge is 0.352 e. The van der Waals surface area contributed by atoms with Gasteiger partial charge >= 0.3 is 0 Å². The molecule has 4 nitrogen and oxygen atoms in total. The summed E-state index contributed by atoms with van der Waals surface area (Å²) in [5.74, 6) is 0.845. The number of nitrogens with one attached hydrogen (secondary N) is 1. The first-order valence-corrected chi connectivity index (χ1v) is 8.42. The normalized spacial score (nSPS) is 10.9. The highest BCUT2D eigenvalue weighted by Crippen LogP contribution is 2.23. The second kappa shape index (κ2) is 6.54. The summed E-state index contributed by atoms with van der Waals surface area (Å²) in [6.07, 6.45) is 0.922. The molecule has 1 heterocycles. The summed E-state index contributed by atoms with van der Waals surface area (Å²) in [6.45, 7) is 4.69. The van der Waals surface area contributed by atoms with E-state index in [-0.39, 0.29) is 5.91 Å². The molecule has 0 aliphatic rings. The minimum absolute atomic E-state index is 0.0513. The smallest absolute Gasteiger partial charge is 0.251 e. The average molecular weight is 372 g/mol. The number of carbonyl (C=O) groups is 1. The highest BCUT2D eigenvalue weighted by atomic mass is 79.9. The monoisotopic (exact) mass is 371 g/mol. The fraction of sp³-hybridized carbons (Fsp3) is 0.222. The number of aryl methyl sites for hydroxylation is 1. The third-order valence-corrected chi connectivity index (χ3v) is 4.23. The van der Waals surface area contributed by atoms with E-state index in [1.165, 1.54) is 0 Å². The van der Waals surface area contributed by atoms with Gasteiger partial charge in [0.1, 0.15) is 5.82 Å². The molecular formula is C18H18BrN3O. The van der Waals surface area contributed by atoms with Gasteiger partial charge in [-0.2, -0.15) is 0 Å². The Labute approximate surface area is 143 Å². The maximum absolute atomic E-state index is 12.1. The lowest BCUT2D eigenvalue weighted by Gasteiger charge is -2.07. The molecule has 0 aliphatic carbocycles. The van der Waals surface area contributed by atoms with Crippen LogP contribution in [-0.4, -0.2) is 22.0 Å². The van der Waals surface area contributed by atoms with Crippen LogP contribution in [0, 0.1) is 6.92 Å². The van der Waals surface area contributed by atoms with Gasteiger partial charge < -0.3 is 5.32 Å². The molecule has 1 N–H and O–H groups in total. The molecule has 0 saturated carbocycles. The molecule has 23 heavy (non-hydrogen) atoms. The van der Waals surface area contributed by atoms with Gasteiger partial charge in [-0.1, -0.05) is 22.9 Å². The van der Waals surface area contributed by atoms with Gasteiger partial charge in [0.2, 0.25) is 0 Å². The lowest BCUT2D eigenvalue weighted by molar-refractivity contribution is 0.0954. The Kier molecular flexibility index (Phi) is 4.48. The van der Waals surface area contributed by atoms with Crippen LogP contribution in [0.3, 0.4) is 0 Å². The lowest BCUT2D eigenvalue weighted by Crippen LogP contribution is -2.23. The van der Waals surface area contributed by atoms with Crippen molar-refractivity contribution < 1.29 is 4.79 Å². The van der Waals surface area contributed by atoms with Gasteiger partial charge in [-0.15, -0.1) is 0 Å². The summed E-state index contributed by atoms with van der Waals surface area (Å²) in [4.78, 5) is 16.7. The quantitative estimate of drug-likeness (QED) is 0.745. The third kappa shape index (κ3) is 3.15. The summed E-state index contributed by atoms with van der Waals surface area (Å²) in [5, 5.41) is 2.89. The number of amides is 1. The number of imidazole rings is 1. The number of carbonyl (C=O) groups excluding carboxylic acids is 1. The predicted molar refractivity (Wildman–Crippen MR) is 96.1 cm³/mol. The summed E-state index contributed by atoms with van der Waals surface area (Å²) in [6, 6.07) is 13.8. The van der Waals surface area contributed by atoms with Crippen LogP contribution in [-0.2, 0) is 0 Å². The van der Waals surface area contributed by atoms with Gasteiger partial charge in [-0.05, 0) is 55.8 Å². The van der Waals surface area contributed by atoms with Crippen molar-refractivity contribution in [1.29, 1.82) is 0 Å². The first kappa shape index (κ1) is 15.7. The lowest BCUT2D eigenvalue weighted by atomic mass is 10.2. The number of hydrogen-bond donors (Lipinski definition) is 1. The maximum atomic E-state index is 12.1. The topological polar surface area (TPSA) is 46.9 Å². The SMILES string of the molecule is CCCNC(=O)c1ccc2c(c1)nc(C)n2-c1ccc(Br)cc1. The molecule has 1 aromatic heterocycles. The van der Waals surface area contributed by atoms with Gasteiger partial charge in [0.25, 0.3) is 5.91 Å². The van der Waals surface area contributed by atoms with Crippen LogP contribution in [0.5, 0.6) is 0 Å². The zero-order valence-electron chi connectivity index (χ0n) is 13.1. The summed E-state index contributed by atoms with van der Waals surface area (Å²) >= 11 is 3.45. The Morgan fingerprint density at radius 1 is 1.22 bits per heavy atom. The van der Waals surface area contributed by atoms with E-state index in [1.54, 1.807) is 0 Å². The molecular weight excluding hydrogens is 354 g/mol. The van der Waals surface area contributed by atoms with Gasteiger partial charge in [0, 0.05) is 22.3 Å². The number of nitrogens with zero attached hydrogens (tertiary/aromatic N) is 2.